The third kappa shape index (κ3) is 2.23. The van der Waals surface area contributed by atoms with Gasteiger partial charge >= 0.3 is 0 Å². The van der Waals surface area contributed by atoms with Gasteiger partial charge in [-0.3, -0.25) is 4.99 Å². The molecule has 0 aliphatic rings. The summed E-state index contributed by atoms with van der Waals surface area (Å²) in [6, 6.07) is 20.7. The fraction of sp³-hybridized carbons (Fsp3) is 0.118. The molecule has 0 radical (unpaired) electrons. The van der Waals surface area contributed by atoms with Crippen LogP contribution in [-0.4, -0.2) is 18.3 Å². The molecule has 3 aromatic rings. The summed E-state index contributed by atoms with van der Waals surface area (Å²) in [7, 11) is 0. The number of aliphatic hydroxyl groups is 1. The molecule has 0 bridgehead atoms. The molecule has 2 nitrogen and oxygen atoms in total. The summed E-state index contributed by atoms with van der Waals surface area (Å²) in [5.41, 5.74) is 0. The minimum Gasteiger partial charge on any atom is -0.394 e. The van der Waals surface area contributed by atoms with Crippen molar-refractivity contribution in [2.45, 2.75) is 0 Å². The zero-order valence-corrected chi connectivity index (χ0v) is 10.6. The van der Waals surface area contributed by atoms with E-state index in [0.29, 0.717) is 6.54 Å². The average Bonchev–Trinajstić information content (AvgIpc) is 2.62. The summed E-state index contributed by atoms with van der Waals surface area (Å²) in [5, 5.41) is 14.6. The smallest absolute Gasteiger partial charge is 0.0731 e. The molecule has 0 aromatic heterocycles. The SMILES string of the molecule is OCCN=c1c2ccccc2ccc2ccccc12. The molecule has 0 unspecified atom stereocenters. The van der Waals surface area contributed by atoms with E-state index in [9.17, 15) is 0 Å². The van der Waals surface area contributed by atoms with Gasteiger partial charge in [0.1, 0.15) is 0 Å². The van der Waals surface area contributed by atoms with Gasteiger partial charge in [0.2, 0.25) is 0 Å². The monoisotopic (exact) mass is 249 g/mol. The number of fused-ring (bicyclic) bond motifs is 2. The van der Waals surface area contributed by atoms with Gasteiger partial charge in [-0.15, -0.1) is 0 Å². The second kappa shape index (κ2) is 5.21. The molecule has 0 saturated heterocycles. The quantitative estimate of drug-likeness (QED) is 0.744. The van der Waals surface area contributed by atoms with Crippen LogP contribution < -0.4 is 5.36 Å². The summed E-state index contributed by atoms with van der Waals surface area (Å²) in [6.45, 7) is 0.499. The predicted octanol–water partition coefficient (Wildman–Crippen LogP) is 2.89. The van der Waals surface area contributed by atoms with E-state index in [1.807, 2.05) is 24.3 Å². The van der Waals surface area contributed by atoms with Gasteiger partial charge in [-0.05, 0) is 10.8 Å². The van der Waals surface area contributed by atoms with Crippen LogP contribution in [0.15, 0.2) is 65.7 Å². The van der Waals surface area contributed by atoms with Crippen LogP contribution in [0.2, 0.25) is 0 Å². The highest BCUT2D eigenvalue weighted by Gasteiger charge is 1.99. The third-order valence-corrected chi connectivity index (χ3v) is 3.24. The zero-order chi connectivity index (χ0) is 13.1. The number of aliphatic hydroxyl groups excluding tert-OH is 1. The Kier molecular flexibility index (Phi) is 3.25. The average molecular weight is 249 g/mol. The van der Waals surface area contributed by atoms with Crippen LogP contribution in [0.5, 0.6) is 0 Å². The first kappa shape index (κ1) is 11.9. The molecule has 0 spiro atoms. The molecule has 1 N–H and O–H groups in total. The summed E-state index contributed by atoms with van der Waals surface area (Å²) in [5.74, 6) is 0. The Labute approximate surface area is 111 Å². The highest BCUT2D eigenvalue weighted by Crippen LogP contribution is 2.14. The maximum atomic E-state index is 9.04. The molecule has 94 valence electrons. The van der Waals surface area contributed by atoms with E-state index in [1.54, 1.807) is 0 Å². The Morgan fingerprint density at radius 3 is 1.79 bits per heavy atom. The van der Waals surface area contributed by atoms with E-state index < -0.39 is 0 Å². The maximum absolute atomic E-state index is 9.04. The second-order valence-electron chi connectivity index (χ2n) is 4.46. The van der Waals surface area contributed by atoms with Gasteiger partial charge in [0.05, 0.1) is 18.5 Å². The van der Waals surface area contributed by atoms with E-state index in [-0.39, 0.29) is 6.61 Å². The van der Waals surface area contributed by atoms with Crippen LogP contribution in [0, 0.1) is 0 Å². The highest BCUT2D eigenvalue weighted by atomic mass is 16.3. The van der Waals surface area contributed by atoms with Crippen molar-refractivity contribution in [3.05, 3.63) is 66.0 Å². The molecule has 0 atom stereocenters. The topological polar surface area (TPSA) is 32.6 Å². The van der Waals surface area contributed by atoms with Crippen molar-refractivity contribution in [2.75, 3.05) is 13.2 Å². The van der Waals surface area contributed by atoms with Crippen LogP contribution in [-0.2, 0) is 0 Å². The molecular weight excluding hydrogens is 234 g/mol. The first-order chi connectivity index (χ1) is 9.40. The molecule has 0 heterocycles. The third-order valence-electron chi connectivity index (χ3n) is 3.24. The number of benzene rings is 2. The molecule has 0 aliphatic heterocycles. The Bertz CT molecular complexity index is 732. The van der Waals surface area contributed by atoms with Crippen molar-refractivity contribution < 1.29 is 5.11 Å². The number of hydrogen-bond acceptors (Lipinski definition) is 2. The molecule has 3 aromatic carbocycles. The highest BCUT2D eigenvalue weighted by molar-refractivity contribution is 5.92. The van der Waals surface area contributed by atoms with Crippen LogP contribution in [0.1, 0.15) is 0 Å². The lowest BCUT2D eigenvalue weighted by atomic mass is 10.1. The van der Waals surface area contributed by atoms with E-state index in [4.69, 9.17) is 5.11 Å². The summed E-state index contributed by atoms with van der Waals surface area (Å²) in [6.07, 6.45) is 0. The molecule has 2 heteroatoms. The molecule has 0 fully saturated rings. The van der Waals surface area contributed by atoms with Gasteiger partial charge in [-0.25, -0.2) is 0 Å². The second-order valence-corrected chi connectivity index (χ2v) is 4.46. The largest absolute Gasteiger partial charge is 0.394 e. The molecule has 19 heavy (non-hydrogen) atoms. The van der Waals surface area contributed by atoms with Crippen molar-refractivity contribution >= 4 is 21.5 Å². The first-order valence-electron chi connectivity index (χ1n) is 6.42. The fourth-order valence-electron chi connectivity index (χ4n) is 2.37. The predicted molar refractivity (Wildman–Crippen MR) is 79.0 cm³/mol. The minimum atomic E-state index is 0.0707. The lowest BCUT2D eigenvalue weighted by molar-refractivity contribution is 0.306. The maximum Gasteiger partial charge on any atom is 0.0731 e. The lowest BCUT2D eigenvalue weighted by Gasteiger charge is -1.96. The van der Waals surface area contributed by atoms with Gasteiger partial charge in [-0.1, -0.05) is 60.7 Å². The fourth-order valence-corrected chi connectivity index (χ4v) is 2.37. The van der Waals surface area contributed by atoms with Crippen LogP contribution in [0.3, 0.4) is 0 Å². The summed E-state index contributed by atoms with van der Waals surface area (Å²) < 4.78 is 0. The van der Waals surface area contributed by atoms with Crippen molar-refractivity contribution in [3.8, 4) is 0 Å². The minimum absolute atomic E-state index is 0.0707. The lowest BCUT2D eigenvalue weighted by Crippen LogP contribution is -2.05. The van der Waals surface area contributed by atoms with Crippen LogP contribution >= 0.6 is 0 Å². The van der Waals surface area contributed by atoms with Crippen molar-refractivity contribution in [2.24, 2.45) is 4.99 Å². The van der Waals surface area contributed by atoms with E-state index in [1.165, 1.54) is 0 Å². The molecule has 0 amide bonds. The summed E-state index contributed by atoms with van der Waals surface area (Å²) >= 11 is 0. The zero-order valence-electron chi connectivity index (χ0n) is 10.6. The normalized spacial score (nSPS) is 10.8. The standard InChI is InChI=1S/C17H15NO/c19-12-11-18-17-15-7-3-1-5-13(15)9-10-14-6-2-4-8-16(14)17/h1-10,19H,11-12H2. The summed E-state index contributed by atoms with van der Waals surface area (Å²) in [4.78, 5) is 4.57. The van der Waals surface area contributed by atoms with Gasteiger partial charge < -0.3 is 5.11 Å². The van der Waals surface area contributed by atoms with Crippen molar-refractivity contribution in [1.29, 1.82) is 0 Å². The number of nitrogens with zero attached hydrogens (tertiary/aromatic N) is 1. The van der Waals surface area contributed by atoms with E-state index in [0.717, 1.165) is 26.9 Å². The van der Waals surface area contributed by atoms with Crippen molar-refractivity contribution in [1.82, 2.24) is 0 Å². The molecule has 0 aliphatic carbocycles. The Morgan fingerprint density at radius 2 is 1.26 bits per heavy atom. The van der Waals surface area contributed by atoms with Crippen LogP contribution in [0.4, 0.5) is 0 Å². The Hall–Kier alpha value is -2.19. The molecule has 3 rings (SSSR count). The van der Waals surface area contributed by atoms with Gasteiger partial charge in [0.15, 0.2) is 0 Å². The molecule has 0 saturated carbocycles. The Morgan fingerprint density at radius 1 is 0.737 bits per heavy atom. The Balaban J connectivity index is 2.55. The van der Waals surface area contributed by atoms with Crippen molar-refractivity contribution in [3.63, 3.8) is 0 Å². The van der Waals surface area contributed by atoms with Gasteiger partial charge in [0, 0.05) is 10.8 Å². The first-order valence-corrected chi connectivity index (χ1v) is 6.42. The van der Waals surface area contributed by atoms with Crippen LogP contribution in [0.25, 0.3) is 21.5 Å². The van der Waals surface area contributed by atoms with E-state index in [2.05, 4.69) is 41.4 Å². The number of rotatable bonds is 2. The van der Waals surface area contributed by atoms with Gasteiger partial charge in [-0.2, -0.15) is 0 Å². The number of hydrogen-bond donors (Lipinski definition) is 1. The van der Waals surface area contributed by atoms with Gasteiger partial charge in [0.25, 0.3) is 0 Å². The van der Waals surface area contributed by atoms with E-state index >= 15 is 0 Å². The molecular formula is C17H15NO.